The van der Waals surface area contributed by atoms with Gasteiger partial charge >= 0.3 is 0 Å². The minimum Gasteiger partial charge on any atom is -0.457 e. The van der Waals surface area contributed by atoms with E-state index in [-0.39, 0.29) is 0 Å². The maximum atomic E-state index is 9.31. The summed E-state index contributed by atoms with van der Waals surface area (Å²) in [5.74, 6) is 1.51. The van der Waals surface area contributed by atoms with Gasteiger partial charge in [0.2, 0.25) is 0 Å². The van der Waals surface area contributed by atoms with Crippen molar-refractivity contribution in [2.45, 2.75) is 6.10 Å². The molecule has 0 saturated heterocycles. The molecule has 1 aliphatic rings. The number of para-hydroxylation sites is 1. The molecule has 15 heavy (non-hydrogen) atoms. The molecule has 2 nitrogen and oxygen atoms in total. The molecule has 0 saturated carbocycles. The van der Waals surface area contributed by atoms with Gasteiger partial charge in [0.25, 0.3) is 0 Å². The topological polar surface area (TPSA) is 29.5 Å². The monoisotopic (exact) mass is 200 g/mol. The number of aliphatic hydroxyl groups excluding tert-OH is 1. The van der Waals surface area contributed by atoms with E-state index in [1.165, 1.54) is 0 Å². The minimum absolute atomic E-state index is 0.530. The van der Waals surface area contributed by atoms with Crippen LogP contribution in [0.2, 0.25) is 0 Å². The lowest BCUT2D eigenvalue weighted by Gasteiger charge is -2.04. The van der Waals surface area contributed by atoms with Crippen LogP contribution >= 0.6 is 0 Å². The molecular weight excluding hydrogens is 188 g/mol. The van der Waals surface area contributed by atoms with Crippen LogP contribution in [0.4, 0.5) is 0 Å². The summed E-state index contributed by atoms with van der Waals surface area (Å²) in [5, 5.41) is 9.31. The largest absolute Gasteiger partial charge is 0.457 e. The van der Waals surface area contributed by atoms with E-state index in [9.17, 15) is 5.11 Å². The average molecular weight is 200 g/mol. The Morgan fingerprint density at radius 2 is 1.87 bits per heavy atom. The molecule has 1 aromatic rings. The number of allylic oxidation sites excluding steroid dienone is 3. The van der Waals surface area contributed by atoms with Gasteiger partial charge in [-0.05, 0) is 30.4 Å². The summed E-state index contributed by atoms with van der Waals surface area (Å²) >= 11 is 0. The lowest BCUT2D eigenvalue weighted by molar-refractivity contribution is 0.271. The molecule has 1 atom stereocenters. The Hall–Kier alpha value is -1.80. The van der Waals surface area contributed by atoms with Gasteiger partial charge in [0.1, 0.15) is 11.5 Å². The van der Waals surface area contributed by atoms with Crippen LogP contribution in [0.5, 0.6) is 5.75 Å². The van der Waals surface area contributed by atoms with Crippen molar-refractivity contribution in [1.82, 2.24) is 0 Å². The lowest BCUT2D eigenvalue weighted by atomic mass is 10.3. The number of hydrogen-bond donors (Lipinski definition) is 1. The molecule has 0 aromatic heterocycles. The Morgan fingerprint density at radius 1 is 1.07 bits per heavy atom. The molecule has 0 bridgehead atoms. The van der Waals surface area contributed by atoms with Crippen molar-refractivity contribution in [3.05, 3.63) is 66.5 Å². The van der Waals surface area contributed by atoms with Gasteiger partial charge in [0.15, 0.2) is 0 Å². The van der Waals surface area contributed by atoms with Crippen molar-refractivity contribution in [3.63, 3.8) is 0 Å². The minimum atomic E-state index is -0.530. The molecule has 1 aliphatic carbocycles. The van der Waals surface area contributed by atoms with Gasteiger partial charge in [-0.25, -0.2) is 0 Å². The highest BCUT2D eigenvalue weighted by Crippen LogP contribution is 2.15. The Balaban J connectivity index is 2.10. The Morgan fingerprint density at radius 3 is 2.67 bits per heavy atom. The van der Waals surface area contributed by atoms with Gasteiger partial charge in [-0.2, -0.15) is 0 Å². The molecule has 1 unspecified atom stereocenters. The number of rotatable bonds is 2. The van der Waals surface area contributed by atoms with Crippen molar-refractivity contribution < 1.29 is 9.84 Å². The maximum Gasteiger partial charge on any atom is 0.127 e. The van der Waals surface area contributed by atoms with E-state index in [1.54, 1.807) is 24.3 Å². The highest BCUT2D eigenvalue weighted by atomic mass is 16.5. The molecule has 0 fully saturated rings. The van der Waals surface area contributed by atoms with Crippen LogP contribution < -0.4 is 4.74 Å². The molecule has 0 spiro atoms. The summed E-state index contributed by atoms with van der Waals surface area (Å²) in [4.78, 5) is 0. The third-order valence-corrected chi connectivity index (χ3v) is 2.01. The van der Waals surface area contributed by atoms with Crippen LogP contribution in [0.3, 0.4) is 0 Å². The van der Waals surface area contributed by atoms with Gasteiger partial charge in [-0.3, -0.25) is 0 Å². The standard InChI is InChI=1S/C13H12O2/c14-11-5-4-8-13(10-9-11)15-12-6-2-1-3-7-12/h1-11,14H. The first-order valence-electron chi connectivity index (χ1n) is 4.82. The van der Waals surface area contributed by atoms with Crippen LogP contribution in [-0.4, -0.2) is 11.2 Å². The number of aliphatic hydroxyl groups is 1. The Kier molecular flexibility index (Phi) is 3.00. The summed E-state index contributed by atoms with van der Waals surface area (Å²) in [5.41, 5.74) is 0. The molecule has 0 aliphatic heterocycles. The zero-order valence-electron chi connectivity index (χ0n) is 8.21. The normalized spacial score (nSPS) is 19.5. The molecule has 2 heteroatoms. The summed E-state index contributed by atoms with van der Waals surface area (Å²) in [7, 11) is 0. The second kappa shape index (κ2) is 4.62. The zero-order valence-corrected chi connectivity index (χ0v) is 8.21. The fourth-order valence-electron chi connectivity index (χ4n) is 1.27. The van der Waals surface area contributed by atoms with E-state index >= 15 is 0 Å². The molecule has 2 rings (SSSR count). The predicted octanol–water partition coefficient (Wildman–Crippen LogP) is 2.44. The molecule has 1 N–H and O–H groups in total. The van der Waals surface area contributed by atoms with E-state index in [2.05, 4.69) is 0 Å². The Labute approximate surface area is 88.8 Å². The molecule has 0 amide bonds. The van der Waals surface area contributed by atoms with Crippen molar-refractivity contribution in [2.75, 3.05) is 0 Å². The van der Waals surface area contributed by atoms with Crippen molar-refractivity contribution in [2.24, 2.45) is 0 Å². The van der Waals surface area contributed by atoms with Crippen LogP contribution in [0.1, 0.15) is 0 Å². The average Bonchev–Trinajstić information content (AvgIpc) is 2.46. The first-order chi connectivity index (χ1) is 7.34. The van der Waals surface area contributed by atoms with E-state index in [0.29, 0.717) is 5.76 Å². The van der Waals surface area contributed by atoms with E-state index in [1.807, 2.05) is 36.4 Å². The summed E-state index contributed by atoms with van der Waals surface area (Å²) < 4.78 is 5.60. The van der Waals surface area contributed by atoms with Crippen molar-refractivity contribution in [3.8, 4) is 5.75 Å². The van der Waals surface area contributed by atoms with E-state index < -0.39 is 6.10 Å². The first kappa shape index (κ1) is 9.74. The lowest BCUT2D eigenvalue weighted by Crippen LogP contribution is -1.95. The SMILES string of the molecule is OC1C=CC=C(Oc2ccccc2)C=C1. The van der Waals surface area contributed by atoms with Crippen molar-refractivity contribution in [1.29, 1.82) is 0 Å². The summed E-state index contributed by atoms with van der Waals surface area (Å²) in [6, 6.07) is 9.55. The third-order valence-electron chi connectivity index (χ3n) is 2.01. The Bertz CT molecular complexity index is 402. The highest BCUT2D eigenvalue weighted by molar-refractivity contribution is 5.31. The predicted molar refractivity (Wildman–Crippen MR) is 59.4 cm³/mol. The summed E-state index contributed by atoms with van der Waals surface area (Å²) in [6.07, 6.45) is 8.20. The maximum absolute atomic E-state index is 9.31. The van der Waals surface area contributed by atoms with Gasteiger partial charge in [0.05, 0.1) is 6.10 Å². The highest BCUT2D eigenvalue weighted by Gasteiger charge is 2.00. The zero-order chi connectivity index (χ0) is 10.5. The second-order valence-electron chi connectivity index (χ2n) is 3.22. The molecule has 1 aromatic carbocycles. The number of ether oxygens (including phenoxy) is 1. The van der Waals surface area contributed by atoms with Crippen LogP contribution in [0.15, 0.2) is 66.5 Å². The van der Waals surface area contributed by atoms with Gasteiger partial charge in [0, 0.05) is 0 Å². The molecular formula is C13H12O2. The van der Waals surface area contributed by atoms with Gasteiger partial charge < -0.3 is 9.84 Å². The quantitative estimate of drug-likeness (QED) is 0.794. The first-order valence-corrected chi connectivity index (χ1v) is 4.82. The number of benzene rings is 1. The third kappa shape index (κ3) is 2.82. The van der Waals surface area contributed by atoms with Gasteiger partial charge in [-0.1, -0.05) is 30.4 Å². The molecule has 0 radical (unpaired) electrons. The summed E-state index contributed by atoms with van der Waals surface area (Å²) in [6.45, 7) is 0. The van der Waals surface area contributed by atoms with Crippen LogP contribution in [0, 0.1) is 0 Å². The fraction of sp³-hybridized carbons (Fsp3) is 0.0769. The van der Waals surface area contributed by atoms with E-state index in [0.717, 1.165) is 5.75 Å². The van der Waals surface area contributed by atoms with Crippen LogP contribution in [-0.2, 0) is 0 Å². The molecule has 0 heterocycles. The van der Waals surface area contributed by atoms with Crippen molar-refractivity contribution >= 4 is 0 Å². The molecule has 76 valence electrons. The van der Waals surface area contributed by atoms with Gasteiger partial charge in [-0.15, -0.1) is 0 Å². The fourth-order valence-corrected chi connectivity index (χ4v) is 1.27. The number of hydrogen-bond acceptors (Lipinski definition) is 2. The second-order valence-corrected chi connectivity index (χ2v) is 3.22. The smallest absolute Gasteiger partial charge is 0.127 e. The van der Waals surface area contributed by atoms with E-state index in [4.69, 9.17) is 4.74 Å². The van der Waals surface area contributed by atoms with Crippen LogP contribution in [0.25, 0.3) is 0 Å².